The van der Waals surface area contributed by atoms with Gasteiger partial charge in [-0.2, -0.15) is 0 Å². The number of nitrogens with zero attached hydrogens (tertiary/aromatic N) is 3. The van der Waals surface area contributed by atoms with Crippen LogP contribution in [0.3, 0.4) is 0 Å². The zero-order valence-electron chi connectivity index (χ0n) is 18.9. The van der Waals surface area contributed by atoms with Crippen LogP contribution in [0.15, 0.2) is 54.6 Å². The van der Waals surface area contributed by atoms with Crippen molar-refractivity contribution in [1.29, 1.82) is 0 Å². The summed E-state index contributed by atoms with van der Waals surface area (Å²) in [7, 11) is 0. The first-order valence-electron chi connectivity index (χ1n) is 11.4. The standard InChI is InChI=1S/C25H32N4O3/c1-3-32-22-12-8-7-11-21(22)28-17-15-27(16-18-28)19-29-23(30)25(2,26-24(29)31)14-13-20-9-5-4-6-10-20/h4-12H,3,13-19H2,1-2H3,(H,26,31). The minimum absolute atomic E-state index is 0.137. The van der Waals surface area contributed by atoms with E-state index in [2.05, 4.69) is 21.2 Å². The van der Waals surface area contributed by atoms with E-state index in [9.17, 15) is 9.59 Å². The van der Waals surface area contributed by atoms with Crippen molar-refractivity contribution in [3.63, 3.8) is 0 Å². The monoisotopic (exact) mass is 436 g/mol. The van der Waals surface area contributed by atoms with Crippen LogP contribution in [0, 0.1) is 0 Å². The highest BCUT2D eigenvalue weighted by molar-refractivity contribution is 6.06. The number of aryl methyl sites for hydroxylation is 1. The molecule has 0 radical (unpaired) electrons. The first-order valence-corrected chi connectivity index (χ1v) is 11.4. The van der Waals surface area contributed by atoms with Crippen LogP contribution in [0.5, 0.6) is 5.75 Å². The number of amides is 3. The summed E-state index contributed by atoms with van der Waals surface area (Å²) in [5, 5.41) is 2.93. The maximum Gasteiger partial charge on any atom is 0.326 e. The number of carbonyl (C=O) groups excluding carboxylic acids is 2. The summed E-state index contributed by atoms with van der Waals surface area (Å²) in [6, 6.07) is 17.8. The maximum absolute atomic E-state index is 13.1. The van der Waals surface area contributed by atoms with Gasteiger partial charge in [-0.3, -0.25) is 9.69 Å². The summed E-state index contributed by atoms with van der Waals surface area (Å²) in [4.78, 5) is 31.6. The molecule has 2 saturated heterocycles. The van der Waals surface area contributed by atoms with Crippen molar-refractivity contribution in [2.24, 2.45) is 0 Å². The zero-order chi connectivity index (χ0) is 22.6. The number of piperazine rings is 1. The minimum atomic E-state index is -0.856. The first kappa shape index (κ1) is 22.1. The molecule has 2 aromatic rings. The maximum atomic E-state index is 13.1. The number of benzene rings is 2. The van der Waals surface area contributed by atoms with Crippen LogP contribution in [0.2, 0.25) is 0 Å². The van der Waals surface area contributed by atoms with E-state index in [1.165, 1.54) is 4.90 Å². The topological polar surface area (TPSA) is 65.1 Å². The number of nitrogens with one attached hydrogen (secondary N) is 1. The molecule has 7 heteroatoms. The van der Waals surface area contributed by atoms with Crippen LogP contribution < -0.4 is 15.0 Å². The van der Waals surface area contributed by atoms with Gasteiger partial charge in [-0.15, -0.1) is 0 Å². The molecule has 2 aromatic carbocycles. The Morgan fingerprint density at radius 3 is 2.38 bits per heavy atom. The molecule has 0 saturated carbocycles. The third kappa shape index (κ3) is 4.72. The number of hydrogen-bond acceptors (Lipinski definition) is 5. The van der Waals surface area contributed by atoms with Crippen molar-refractivity contribution in [2.45, 2.75) is 32.2 Å². The minimum Gasteiger partial charge on any atom is -0.492 e. The molecule has 7 nitrogen and oxygen atoms in total. The van der Waals surface area contributed by atoms with Crippen LogP contribution in [0.4, 0.5) is 10.5 Å². The Kier molecular flexibility index (Phi) is 6.65. The lowest BCUT2D eigenvalue weighted by molar-refractivity contribution is -0.132. The smallest absolute Gasteiger partial charge is 0.326 e. The summed E-state index contributed by atoms with van der Waals surface area (Å²) >= 11 is 0. The Hall–Kier alpha value is -3.06. The Balaban J connectivity index is 1.33. The van der Waals surface area contributed by atoms with Crippen molar-refractivity contribution in [2.75, 3.05) is 44.4 Å². The van der Waals surface area contributed by atoms with Gasteiger partial charge in [0, 0.05) is 26.2 Å². The molecule has 1 N–H and O–H groups in total. The normalized spacial score (nSPS) is 21.7. The van der Waals surface area contributed by atoms with Gasteiger partial charge in [0.05, 0.1) is 19.0 Å². The lowest BCUT2D eigenvalue weighted by Crippen LogP contribution is -2.52. The van der Waals surface area contributed by atoms with Gasteiger partial charge in [0.2, 0.25) is 0 Å². The van der Waals surface area contributed by atoms with E-state index in [1.54, 1.807) is 0 Å². The molecule has 0 aromatic heterocycles. The quantitative estimate of drug-likeness (QED) is 0.644. The van der Waals surface area contributed by atoms with E-state index in [0.717, 1.165) is 49.6 Å². The number of carbonyl (C=O) groups is 2. The molecule has 3 amide bonds. The molecule has 0 spiro atoms. The molecule has 1 atom stereocenters. The second-order valence-electron chi connectivity index (χ2n) is 8.63. The SMILES string of the molecule is CCOc1ccccc1N1CCN(CN2C(=O)NC(C)(CCc3ccccc3)C2=O)CC1. The van der Waals surface area contributed by atoms with Gasteiger partial charge in [0.15, 0.2) is 0 Å². The largest absolute Gasteiger partial charge is 0.492 e. The van der Waals surface area contributed by atoms with E-state index in [-0.39, 0.29) is 11.9 Å². The number of hydrogen-bond donors (Lipinski definition) is 1. The summed E-state index contributed by atoms with van der Waals surface area (Å²) < 4.78 is 5.77. The highest BCUT2D eigenvalue weighted by Crippen LogP contribution is 2.29. The molecule has 170 valence electrons. The highest BCUT2D eigenvalue weighted by Gasteiger charge is 2.47. The molecule has 1 unspecified atom stereocenters. The highest BCUT2D eigenvalue weighted by atomic mass is 16.5. The summed E-state index contributed by atoms with van der Waals surface area (Å²) in [6.45, 7) is 7.96. The first-order chi connectivity index (χ1) is 15.5. The second-order valence-corrected chi connectivity index (χ2v) is 8.63. The molecule has 2 heterocycles. The fourth-order valence-electron chi connectivity index (χ4n) is 4.41. The van der Waals surface area contributed by atoms with Crippen molar-refractivity contribution < 1.29 is 14.3 Å². The van der Waals surface area contributed by atoms with Crippen LogP contribution in [0.25, 0.3) is 0 Å². The lowest BCUT2D eigenvalue weighted by atomic mass is 9.93. The van der Waals surface area contributed by atoms with E-state index >= 15 is 0 Å². The Labute approximate surface area is 189 Å². The van der Waals surface area contributed by atoms with Crippen molar-refractivity contribution in [1.82, 2.24) is 15.1 Å². The summed E-state index contributed by atoms with van der Waals surface area (Å²) in [5.74, 6) is 0.759. The molecular formula is C25H32N4O3. The van der Waals surface area contributed by atoms with Gasteiger partial charge in [0.1, 0.15) is 11.3 Å². The van der Waals surface area contributed by atoms with E-state index in [1.807, 2.05) is 62.4 Å². The van der Waals surface area contributed by atoms with Crippen LogP contribution >= 0.6 is 0 Å². The van der Waals surface area contributed by atoms with Gasteiger partial charge < -0.3 is 15.0 Å². The number of anilines is 1. The number of imide groups is 1. The fraction of sp³-hybridized carbons (Fsp3) is 0.440. The average Bonchev–Trinajstić information content (AvgIpc) is 3.03. The number of urea groups is 1. The Bertz CT molecular complexity index is 943. The van der Waals surface area contributed by atoms with E-state index in [0.29, 0.717) is 19.7 Å². The third-order valence-corrected chi connectivity index (χ3v) is 6.32. The molecule has 32 heavy (non-hydrogen) atoms. The van der Waals surface area contributed by atoms with Crippen molar-refractivity contribution in [3.8, 4) is 5.75 Å². The molecular weight excluding hydrogens is 404 g/mol. The van der Waals surface area contributed by atoms with Crippen LogP contribution in [-0.2, 0) is 11.2 Å². The van der Waals surface area contributed by atoms with Crippen molar-refractivity contribution in [3.05, 3.63) is 60.2 Å². The predicted octanol–water partition coefficient (Wildman–Crippen LogP) is 3.11. The van der Waals surface area contributed by atoms with E-state index in [4.69, 9.17) is 4.74 Å². The van der Waals surface area contributed by atoms with Gasteiger partial charge >= 0.3 is 6.03 Å². The lowest BCUT2D eigenvalue weighted by Gasteiger charge is -2.37. The van der Waals surface area contributed by atoms with Crippen LogP contribution in [-0.4, -0.2) is 66.7 Å². The average molecular weight is 437 g/mol. The van der Waals surface area contributed by atoms with Crippen molar-refractivity contribution >= 4 is 17.6 Å². The number of ether oxygens (including phenoxy) is 1. The Morgan fingerprint density at radius 1 is 0.969 bits per heavy atom. The second kappa shape index (κ2) is 9.61. The van der Waals surface area contributed by atoms with Gasteiger partial charge in [-0.05, 0) is 44.4 Å². The molecule has 0 aliphatic carbocycles. The van der Waals surface area contributed by atoms with Gasteiger partial charge in [-0.1, -0.05) is 42.5 Å². The van der Waals surface area contributed by atoms with Gasteiger partial charge in [-0.25, -0.2) is 9.69 Å². The third-order valence-electron chi connectivity index (χ3n) is 6.32. The number of rotatable bonds is 8. The molecule has 2 fully saturated rings. The fourth-order valence-corrected chi connectivity index (χ4v) is 4.41. The van der Waals surface area contributed by atoms with Crippen LogP contribution in [0.1, 0.15) is 25.8 Å². The summed E-state index contributed by atoms with van der Waals surface area (Å²) in [5.41, 5.74) is 1.40. The zero-order valence-corrected chi connectivity index (χ0v) is 18.9. The van der Waals surface area contributed by atoms with Gasteiger partial charge in [0.25, 0.3) is 5.91 Å². The number of para-hydroxylation sites is 2. The molecule has 2 aliphatic heterocycles. The molecule has 4 rings (SSSR count). The Morgan fingerprint density at radius 2 is 1.66 bits per heavy atom. The summed E-state index contributed by atoms with van der Waals surface area (Å²) in [6.07, 6.45) is 1.33. The molecule has 0 bridgehead atoms. The predicted molar refractivity (Wildman–Crippen MR) is 125 cm³/mol. The van der Waals surface area contributed by atoms with E-state index < -0.39 is 5.54 Å². The molecule has 2 aliphatic rings.